The largest absolute Gasteiger partial charge is 0.336 e. The zero-order chi connectivity index (χ0) is 15.2. The first-order valence-electron chi connectivity index (χ1n) is 8.83. The zero-order valence-corrected chi connectivity index (χ0v) is 14.1. The first-order chi connectivity index (χ1) is 10.1. The third-order valence-electron chi connectivity index (χ3n) is 5.30. The number of likely N-dealkylation sites (tertiary alicyclic amines) is 2. The van der Waals surface area contributed by atoms with E-state index >= 15 is 0 Å². The van der Waals surface area contributed by atoms with Gasteiger partial charge in [0.15, 0.2) is 0 Å². The smallest absolute Gasteiger partial charge is 0.237 e. The molecule has 0 radical (unpaired) electrons. The Morgan fingerprint density at radius 1 is 1.10 bits per heavy atom. The molecule has 4 nitrogen and oxygen atoms in total. The highest BCUT2D eigenvalue weighted by atomic mass is 16.2. The molecule has 3 unspecified atom stereocenters. The Morgan fingerprint density at radius 3 is 2.48 bits per heavy atom. The van der Waals surface area contributed by atoms with E-state index in [2.05, 4.69) is 29.0 Å². The third kappa shape index (κ3) is 4.43. The van der Waals surface area contributed by atoms with Crippen molar-refractivity contribution in [1.82, 2.24) is 15.1 Å². The van der Waals surface area contributed by atoms with E-state index in [0.717, 1.165) is 19.5 Å². The van der Waals surface area contributed by atoms with Crippen LogP contribution >= 0.6 is 0 Å². The first kappa shape index (κ1) is 16.8. The molecule has 2 rings (SSSR count). The van der Waals surface area contributed by atoms with Gasteiger partial charge in [0.05, 0.1) is 6.54 Å². The Balaban J connectivity index is 1.92. The molecule has 0 bridgehead atoms. The fourth-order valence-electron chi connectivity index (χ4n) is 4.07. The van der Waals surface area contributed by atoms with Crippen molar-refractivity contribution in [2.45, 2.75) is 76.9 Å². The lowest BCUT2D eigenvalue weighted by Crippen LogP contribution is -2.53. The molecule has 122 valence electrons. The summed E-state index contributed by atoms with van der Waals surface area (Å²) in [5.74, 6) is 0.353. The number of hydrogen-bond acceptors (Lipinski definition) is 3. The topological polar surface area (TPSA) is 35.6 Å². The summed E-state index contributed by atoms with van der Waals surface area (Å²) in [5.41, 5.74) is 0. The van der Waals surface area contributed by atoms with Gasteiger partial charge in [-0.05, 0) is 72.5 Å². The van der Waals surface area contributed by atoms with Crippen molar-refractivity contribution < 1.29 is 4.79 Å². The summed E-state index contributed by atoms with van der Waals surface area (Å²) in [6.07, 6.45) is 8.57. The fourth-order valence-corrected chi connectivity index (χ4v) is 4.07. The van der Waals surface area contributed by atoms with Crippen LogP contribution in [0.3, 0.4) is 0 Å². The number of carbonyl (C=O) groups is 1. The van der Waals surface area contributed by atoms with Gasteiger partial charge in [-0.3, -0.25) is 9.69 Å². The molecule has 1 amide bonds. The van der Waals surface area contributed by atoms with Crippen molar-refractivity contribution in [2.75, 3.05) is 26.7 Å². The number of nitrogens with zero attached hydrogens (tertiary/aromatic N) is 2. The van der Waals surface area contributed by atoms with E-state index in [1.807, 2.05) is 7.05 Å². The number of rotatable bonds is 5. The molecule has 3 atom stereocenters. The number of carbonyl (C=O) groups excluding carboxylic acids is 1. The Kier molecular flexibility index (Phi) is 6.49. The Bertz CT molecular complexity index is 324. The van der Waals surface area contributed by atoms with Gasteiger partial charge in [0.2, 0.25) is 5.91 Å². The molecular weight excluding hydrogens is 262 g/mol. The highest BCUT2D eigenvalue weighted by molar-refractivity contribution is 5.79. The van der Waals surface area contributed by atoms with Crippen LogP contribution in [0, 0.1) is 0 Å². The molecule has 4 heteroatoms. The van der Waals surface area contributed by atoms with Gasteiger partial charge in [-0.15, -0.1) is 0 Å². The zero-order valence-electron chi connectivity index (χ0n) is 14.1. The van der Waals surface area contributed by atoms with Gasteiger partial charge < -0.3 is 10.2 Å². The van der Waals surface area contributed by atoms with Gasteiger partial charge in [0.25, 0.3) is 0 Å². The summed E-state index contributed by atoms with van der Waals surface area (Å²) >= 11 is 0. The molecule has 2 saturated heterocycles. The lowest BCUT2D eigenvalue weighted by atomic mass is 9.96. The normalized spacial score (nSPS) is 31.4. The van der Waals surface area contributed by atoms with Crippen molar-refractivity contribution in [3.05, 3.63) is 0 Å². The van der Waals surface area contributed by atoms with Gasteiger partial charge in [-0.1, -0.05) is 6.42 Å². The lowest BCUT2D eigenvalue weighted by Gasteiger charge is -2.42. The third-order valence-corrected chi connectivity index (χ3v) is 5.30. The maximum Gasteiger partial charge on any atom is 0.237 e. The Labute approximate surface area is 130 Å². The van der Waals surface area contributed by atoms with Crippen molar-refractivity contribution in [1.29, 1.82) is 0 Å². The van der Waals surface area contributed by atoms with E-state index in [9.17, 15) is 4.79 Å². The number of hydrogen-bond donors (Lipinski definition) is 1. The van der Waals surface area contributed by atoms with E-state index in [-0.39, 0.29) is 0 Å². The number of amides is 1. The van der Waals surface area contributed by atoms with Gasteiger partial charge in [-0.25, -0.2) is 0 Å². The minimum Gasteiger partial charge on any atom is -0.336 e. The second-order valence-corrected chi connectivity index (χ2v) is 6.94. The second kappa shape index (κ2) is 8.14. The minimum absolute atomic E-state index is 0.353. The Morgan fingerprint density at radius 2 is 1.81 bits per heavy atom. The summed E-state index contributed by atoms with van der Waals surface area (Å²) in [4.78, 5) is 17.4. The molecule has 2 aliphatic heterocycles. The summed E-state index contributed by atoms with van der Waals surface area (Å²) < 4.78 is 0. The van der Waals surface area contributed by atoms with Crippen LogP contribution in [0.25, 0.3) is 0 Å². The predicted molar refractivity (Wildman–Crippen MR) is 87.4 cm³/mol. The summed E-state index contributed by atoms with van der Waals surface area (Å²) in [7, 11) is 2.01. The molecule has 0 saturated carbocycles. The highest BCUT2D eigenvalue weighted by Crippen LogP contribution is 2.24. The number of piperidine rings is 2. The van der Waals surface area contributed by atoms with Crippen LogP contribution < -0.4 is 5.32 Å². The molecule has 21 heavy (non-hydrogen) atoms. The molecule has 0 aromatic rings. The highest BCUT2D eigenvalue weighted by Gasteiger charge is 2.31. The standard InChI is InChI=1S/C17H33N3O/c1-14-7-6-8-15(2)20(14)17(21)13-19-12-5-4-9-16(19)10-11-18-3/h14-16,18H,4-13H2,1-3H3. The SMILES string of the molecule is CNCCC1CCCCN1CC(=O)N1C(C)CCCC1C. The van der Waals surface area contributed by atoms with Crippen LogP contribution in [0.2, 0.25) is 0 Å². The summed E-state index contributed by atoms with van der Waals surface area (Å²) in [6, 6.07) is 1.43. The van der Waals surface area contributed by atoms with E-state index in [1.54, 1.807) is 0 Å². The van der Waals surface area contributed by atoms with Crippen molar-refractivity contribution in [3.63, 3.8) is 0 Å². The predicted octanol–water partition coefficient (Wildman–Crippen LogP) is 2.24. The van der Waals surface area contributed by atoms with Crippen LogP contribution in [0.5, 0.6) is 0 Å². The Hall–Kier alpha value is -0.610. The fraction of sp³-hybridized carbons (Fsp3) is 0.941. The second-order valence-electron chi connectivity index (χ2n) is 6.94. The average Bonchev–Trinajstić information content (AvgIpc) is 2.46. The molecule has 2 aliphatic rings. The van der Waals surface area contributed by atoms with Crippen LogP contribution in [0.15, 0.2) is 0 Å². The van der Waals surface area contributed by atoms with E-state index < -0.39 is 0 Å². The van der Waals surface area contributed by atoms with Crippen LogP contribution in [0.4, 0.5) is 0 Å². The number of nitrogens with one attached hydrogen (secondary N) is 1. The molecule has 0 aromatic heterocycles. The molecule has 0 spiro atoms. The van der Waals surface area contributed by atoms with Crippen molar-refractivity contribution in [3.8, 4) is 0 Å². The van der Waals surface area contributed by atoms with Crippen LogP contribution in [0.1, 0.15) is 58.8 Å². The van der Waals surface area contributed by atoms with Gasteiger partial charge in [-0.2, -0.15) is 0 Å². The van der Waals surface area contributed by atoms with E-state index in [4.69, 9.17) is 0 Å². The molecule has 0 aliphatic carbocycles. The maximum absolute atomic E-state index is 12.8. The van der Waals surface area contributed by atoms with E-state index in [0.29, 0.717) is 30.6 Å². The summed E-state index contributed by atoms with van der Waals surface area (Å²) in [5, 5.41) is 3.24. The molecule has 2 fully saturated rings. The minimum atomic E-state index is 0.353. The maximum atomic E-state index is 12.8. The average molecular weight is 295 g/mol. The van der Waals surface area contributed by atoms with Crippen LogP contribution in [-0.2, 0) is 4.79 Å². The van der Waals surface area contributed by atoms with E-state index in [1.165, 1.54) is 38.5 Å². The van der Waals surface area contributed by atoms with Crippen molar-refractivity contribution >= 4 is 5.91 Å². The molecule has 0 aromatic carbocycles. The van der Waals surface area contributed by atoms with Gasteiger partial charge in [0.1, 0.15) is 0 Å². The van der Waals surface area contributed by atoms with Gasteiger partial charge in [0, 0.05) is 18.1 Å². The molecule has 1 N–H and O–H groups in total. The van der Waals surface area contributed by atoms with Crippen molar-refractivity contribution in [2.24, 2.45) is 0 Å². The molecule has 2 heterocycles. The first-order valence-corrected chi connectivity index (χ1v) is 8.83. The quantitative estimate of drug-likeness (QED) is 0.845. The van der Waals surface area contributed by atoms with Gasteiger partial charge >= 0.3 is 0 Å². The lowest BCUT2D eigenvalue weighted by molar-refractivity contribution is -0.139. The van der Waals surface area contributed by atoms with Crippen LogP contribution in [-0.4, -0.2) is 60.5 Å². The summed E-state index contributed by atoms with van der Waals surface area (Å²) in [6.45, 7) is 7.19. The molecular formula is C17H33N3O. The monoisotopic (exact) mass is 295 g/mol.